The maximum absolute atomic E-state index is 10.9. The smallest absolute Gasteiger partial charge is 0.255 e. The molecule has 7 heteroatoms. The first-order valence-electron chi connectivity index (χ1n) is 9.52. The largest absolute Gasteiger partial charge is 0.484 e. The maximum Gasteiger partial charge on any atom is 0.255 e. The Balaban J connectivity index is 1.68. The van der Waals surface area contributed by atoms with Crippen LogP contribution in [0.2, 0.25) is 0 Å². The Bertz CT molecular complexity index is 963. The van der Waals surface area contributed by atoms with Gasteiger partial charge in [-0.1, -0.05) is 30.3 Å². The molecule has 0 radical (unpaired) electrons. The molecule has 3 N–H and O–H groups in total. The summed E-state index contributed by atoms with van der Waals surface area (Å²) in [4.78, 5) is 17.6. The Hall–Kier alpha value is -3.48. The van der Waals surface area contributed by atoms with E-state index in [9.17, 15) is 4.79 Å². The van der Waals surface area contributed by atoms with Crippen LogP contribution in [0.15, 0.2) is 64.0 Å². The van der Waals surface area contributed by atoms with E-state index in [-0.39, 0.29) is 6.61 Å². The van der Waals surface area contributed by atoms with Gasteiger partial charge < -0.3 is 25.1 Å². The number of furan rings is 1. The van der Waals surface area contributed by atoms with E-state index >= 15 is 0 Å². The summed E-state index contributed by atoms with van der Waals surface area (Å²) in [6.07, 6.45) is 0. The van der Waals surface area contributed by atoms with Crippen LogP contribution < -0.4 is 15.8 Å². The highest BCUT2D eigenvalue weighted by Crippen LogP contribution is 2.20. The minimum atomic E-state index is -0.505. The molecule has 1 heterocycles. The molecule has 3 rings (SSSR count). The number of para-hydroxylation sites is 1. The van der Waals surface area contributed by atoms with E-state index in [1.165, 1.54) is 0 Å². The number of aliphatic imine (C=N–C) groups is 1. The van der Waals surface area contributed by atoms with Crippen LogP contribution in [-0.2, 0) is 17.9 Å². The number of primary amides is 1. The van der Waals surface area contributed by atoms with Crippen molar-refractivity contribution in [2.45, 2.75) is 20.0 Å². The van der Waals surface area contributed by atoms with Crippen LogP contribution in [0.3, 0.4) is 0 Å². The number of carbonyl (C=O) groups excluding carboxylic acids is 1. The molecule has 7 nitrogen and oxygen atoms in total. The summed E-state index contributed by atoms with van der Waals surface area (Å²) in [6.45, 7) is 3.71. The van der Waals surface area contributed by atoms with Crippen molar-refractivity contribution in [1.82, 2.24) is 10.2 Å². The zero-order valence-electron chi connectivity index (χ0n) is 16.7. The van der Waals surface area contributed by atoms with Crippen LogP contribution >= 0.6 is 0 Å². The first-order valence-corrected chi connectivity index (χ1v) is 9.52. The number of carbonyl (C=O) groups is 1. The molecule has 0 atom stereocenters. The van der Waals surface area contributed by atoms with E-state index in [1.807, 2.05) is 61.3 Å². The normalized spacial score (nSPS) is 11.4. The molecule has 0 saturated carbocycles. The second-order valence-corrected chi connectivity index (χ2v) is 6.68. The van der Waals surface area contributed by atoms with Gasteiger partial charge >= 0.3 is 0 Å². The summed E-state index contributed by atoms with van der Waals surface area (Å²) < 4.78 is 11.3. The van der Waals surface area contributed by atoms with Crippen LogP contribution in [0.5, 0.6) is 5.75 Å². The summed E-state index contributed by atoms with van der Waals surface area (Å²) in [5.74, 6) is 1.74. The van der Waals surface area contributed by atoms with E-state index in [2.05, 4.69) is 11.4 Å². The third kappa shape index (κ3) is 5.75. The molecule has 0 aliphatic rings. The number of amides is 1. The Morgan fingerprint density at radius 1 is 1.21 bits per heavy atom. The second kappa shape index (κ2) is 9.64. The van der Waals surface area contributed by atoms with Crippen molar-refractivity contribution in [3.8, 4) is 5.75 Å². The average Bonchev–Trinajstić information content (AvgIpc) is 3.12. The Labute approximate surface area is 170 Å². The number of hydrogen-bond acceptors (Lipinski definition) is 4. The van der Waals surface area contributed by atoms with Gasteiger partial charge in [-0.2, -0.15) is 0 Å². The quantitative estimate of drug-likeness (QED) is 0.453. The highest BCUT2D eigenvalue weighted by molar-refractivity contribution is 5.80. The van der Waals surface area contributed by atoms with Crippen molar-refractivity contribution in [2.24, 2.45) is 10.7 Å². The van der Waals surface area contributed by atoms with E-state index in [4.69, 9.17) is 19.9 Å². The van der Waals surface area contributed by atoms with E-state index < -0.39 is 5.91 Å². The predicted molar refractivity (Wildman–Crippen MR) is 114 cm³/mol. The summed E-state index contributed by atoms with van der Waals surface area (Å²) in [6, 6.07) is 17.5. The lowest BCUT2D eigenvalue weighted by Crippen LogP contribution is -2.38. The molecule has 1 amide bonds. The number of guanidine groups is 1. The number of rotatable bonds is 8. The average molecular weight is 394 g/mol. The molecule has 152 valence electrons. The Morgan fingerprint density at radius 3 is 2.79 bits per heavy atom. The zero-order valence-corrected chi connectivity index (χ0v) is 16.7. The van der Waals surface area contributed by atoms with Crippen molar-refractivity contribution in [2.75, 3.05) is 20.2 Å². The van der Waals surface area contributed by atoms with Crippen LogP contribution in [-0.4, -0.2) is 37.0 Å². The minimum Gasteiger partial charge on any atom is -0.484 e. The molecule has 0 aliphatic heterocycles. The first-order chi connectivity index (χ1) is 14.0. The molecular formula is C22H26N4O3. The highest BCUT2D eigenvalue weighted by Gasteiger charge is 2.10. The summed E-state index contributed by atoms with van der Waals surface area (Å²) in [7, 11) is 1.97. The lowest BCUT2D eigenvalue weighted by atomic mass is 10.2. The van der Waals surface area contributed by atoms with Gasteiger partial charge in [0.05, 0.1) is 13.1 Å². The van der Waals surface area contributed by atoms with Crippen molar-refractivity contribution in [1.29, 1.82) is 0 Å². The number of ether oxygens (including phenoxy) is 1. The number of nitrogens with zero attached hydrogens (tertiary/aromatic N) is 2. The maximum atomic E-state index is 10.9. The fourth-order valence-corrected chi connectivity index (χ4v) is 2.95. The van der Waals surface area contributed by atoms with Gasteiger partial charge in [0.25, 0.3) is 5.91 Å². The second-order valence-electron chi connectivity index (χ2n) is 6.68. The van der Waals surface area contributed by atoms with Gasteiger partial charge in [-0.25, -0.2) is 4.99 Å². The van der Waals surface area contributed by atoms with Gasteiger partial charge in [0.15, 0.2) is 12.6 Å². The van der Waals surface area contributed by atoms with E-state index in [0.717, 1.165) is 34.8 Å². The third-order valence-electron chi connectivity index (χ3n) is 4.26. The van der Waals surface area contributed by atoms with Gasteiger partial charge in [-0.3, -0.25) is 4.79 Å². The monoisotopic (exact) mass is 394 g/mol. The molecule has 29 heavy (non-hydrogen) atoms. The predicted octanol–water partition coefficient (Wildman–Crippen LogP) is 2.89. The number of hydrogen-bond donors (Lipinski definition) is 2. The standard InChI is InChI=1S/C22H26N4O3/c1-3-24-22(25-13-16-7-6-9-18(11-16)28-15-21(23)27)26(2)14-19-12-17-8-4-5-10-20(17)29-19/h4-12H,3,13-15H2,1-2H3,(H2,23,27)(H,24,25). The van der Waals surface area contributed by atoms with Crippen LogP contribution in [0.25, 0.3) is 11.0 Å². The first kappa shape index (κ1) is 20.3. The van der Waals surface area contributed by atoms with Crippen LogP contribution in [0.4, 0.5) is 0 Å². The SMILES string of the molecule is CCNC(=NCc1cccc(OCC(N)=O)c1)N(C)Cc1cc2ccccc2o1. The highest BCUT2D eigenvalue weighted by atomic mass is 16.5. The number of nitrogens with one attached hydrogen (secondary N) is 1. The number of fused-ring (bicyclic) bond motifs is 1. The molecule has 0 bridgehead atoms. The summed E-state index contributed by atoms with van der Waals surface area (Å²) in [5.41, 5.74) is 6.98. The molecule has 0 aliphatic carbocycles. The zero-order chi connectivity index (χ0) is 20.6. The molecule has 2 aromatic carbocycles. The van der Waals surface area contributed by atoms with Crippen molar-refractivity contribution in [3.05, 3.63) is 65.9 Å². The lowest BCUT2D eigenvalue weighted by molar-refractivity contribution is -0.119. The third-order valence-corrected chi connectivity index (χ3v) is 4.26. The van der Waals surface area contributed by atoms with E-state index in [1.54, 1.807) is 6.07 Å². The van der Waals surface area contributed by atoms with Crippen molar-refractivity contribution in [3.63, 3.8) is 0 Å². The van der Waals surface area contributed by atoms with Gasteiger partial charge in [0, 0.05) is 19.0 Å². The number of benzene rings is 2. The molecule has 0 fully saturated rings. The molecular weight excluding hydrogens is 368 g/mol. The van der Waals surface area contributed by atoms with Crippen molar-refractivity contribution >= 4 is 22.8 Å². The molecule has 1 aromatic heterocycles. The minimum absolute atomic E-state index is 0.143. The molecule has 0 spiro atoms. The fourth-order valence-electron chi connectivity index (χ4n) is 2.95. The fraction of sp³-hybridized carbons (Fsp3) is 0.273. The molecule has 0 saturated heterocycles. The number of nitrogens with two attached hydrogens (primary N) is 1. The van der Waals surface area contributed by atoms with Gasteiger partial charge in [-0.05, 0) is 36.8 Å². The van der Waals surface area contributed by atoms with Crippen LogP contribution in [0.1, 0.15) is 18.2 Å². The topological polar surface area (TPSA) is 93.1 Å². The lowest BCUT2D eigenvalue weighted by Gasteiger charge is -2.21. The Kier molecular flexibility index (Phi) is 6.73. The van der Waals surface area contributed by atoms with Crippen LogP contribution in [0, 0.1) is 0 Å². The summed E-state index contributed by atoms with van der Waals surface area (Å²) in [5, 5.41) is 4.39. The Morgan fingerprint density at radius 2 is 2.03 bits per heavy atom. The molecule has 0 unspecified atom stereocenters. The van der Waals surface area contributed by atoms with Gasteiger partial charge in [0.2, 0.25) is 0 Å². The summed E-state index contributed by atoms with van der Waals surface area (Å²) >= 11 is 0. The van der Waals surface area contributed by atoms with Gasteiger partial charge in [0.1, 0.15) is 17.1 Å². The van der Waals surface area contributed by atoms with Crippen molar-refractivity contribution < 1.29 is 13.9 Å². The van der Waals surface area contributed by atoms with E-state index in [0.29, 0.717) is 18.8 Å². The van der Waals surface area contributed by atoms with Gasteiger partial charge in [-0.15, -0.1) is 0 Å². The molecule has 3 aromatic rings.